The van der Waals surface area contributed by atoms with Gasteiger partial charge in [0.25, 0.3) is 5.91 Å². The largest absolute Gasteiger partial charge is 0.449 e. The number of benzene rings is 2. The second-order valence-electron chi connectivity index (χ2n) is 5.53. The van der Waals surface area contributed by atoms with Crippen LogP contribution in [-0.4, -0.2) is 27.9 Å². The first-order valence-corrected chi connectivity index (χ1v) is 7.52. The summed E-state index contributed by atoms with van der Waals surface area (Å²) in [6, 6.07) is 6.92. The van der Waals surface area contributed by atoms with E-state index in [2.05, 4.69) is 15.3 Å². The number of halogens is 2. The Labute approximate surface area is 145 Å². The van der Waals surface area contributed by atoms with Gasteiger partial charge in [-0.15, -0.1) is 0 Å². The first kappa shape index (κ1) is 17.3. The number of H-pyrrole nitrogens is 2. The molecule has 0 saturated heterocycles. The van der Waals surface area contributed by atoms with Gasteiger partial charge < -0.3 is 20.0 Å². The molecule has 1 amide bonds. The van der Waals surface area contributed by atoms with E-state index in [9.17, 15) is 23.2 Å². The van der Waals surface area contributed by atoms with Gasteiger partial charge in [0.1, 0.15) is 11.6 Å². The van der Waals surface area contributed by atoms with Gasteiger partial charge in [-0.25, -0.2) is 18.4 Å². The van der Waals surface area contributed by atoms with Crippen molar-refractivity contribution >= 4 is 28.6 Å². The van der Waals surface area contributed by atoms with Crippen molar-refractivity contribution in [1.82, 2.24) is 9.97 Å². The summed E-state index contributed by atoms with van der Waals surface area (Å²) in [7, 11) is 0. The van der Waals surface area contributed by atoms with Gasteiger partial charge in [-0.2, -0.15) is 0 Å². The summed E-state index contributed by atoms with van der Waals surface area (Å²) in [6.45, 7) is 1.32. The zero-order chi connectivity index (χ0) is 18.8. The Balaban J connectivity index is 1.68. The fourth-order valence-corrected chi connectivity index (χ4v) is 2.31. The van der Waals surface area contributed by atoms with E-state index in [-0.39, 0.29) is 11.3 Å². The molecule has 26 heavy (non-hydrogen) atoms. The van der Waals surface area contributed by atoms with Crippen molar-refractivity contribution in [2.24, 2.45) is 0 Å². The lowest BCUT2D eigenvalue weighted by molar-refractivity contribution is -0.123. The quantitative estimate of drug-likeness (QED) is 0.620. The highest BCUT2D eigenvalue weighted by Crippen LogP contribution is 2.16. The van der Waals surface area contributed by atoms with Gasteiger partial charge in [0, 0.05) is 11.8 Å². The van der Waals surface area contributed by atoms with Crippen LogP contribution >= 0.6 is 0 Å². The monoisotopic (exact) mass is 361 g/mol. The molecule has 0 aliphatic rings. The lowest BCUT2D eigenvalue weighted by Crippen LogP contribution is -2.30. The standard InChI is InChI=1S/C17H13F2N3O4/c1-8(26-16(24)9-4-10(18)6-11(19)5-9)15(23)20-12-2-3-13-14(7-12)22-17(25)21-13/h2-8H,1H3,(H,20,23)(H2,21,22,25)/t8-/m1/s1. The number of hydrogen-bond acceptors (Lipinski definition) is 4. The molecule has 3 rings (SSSR count). The molecule has 7 nitrogen and oxygen atoms in total. The van der Waals surface area contributed by atoms with Gasteiger partial charge in [-0.05, 0) is 37.3 Å². The Morgan fingerprint density at radius 1 is 1.04 bits per heavy atom. The molecule has 0 radical (unpaired) electrons. The normalized spacial score (nSPS) is 12.0. The van der Waals surface area contributed by atoms with Crippen LogP contribution in [0.4, 0.5) is 14.5 Å². The third-order valence-corrected chi connectivity index (χ3v) is 3.53. The average Bonchev–Trinajstić information content (AvgIpc) is 2.93. The predicted octanol–water partition coefficient (Wildman–Crippen LogP) is 2.32. The number of anilines is 1. The lowest BCUT2D eigenvalue weighted by Gasteiger charge is -2.13. The minimum atomic E-state index is -1.21. The highest BCUT2D eigenvalue weighted by atomic mass is 19.1. The maximum atomic E-state index is 13.1. The third-order valence-electron chi connectivity index (χ3n) is 3.53. The van der Waals surface area contributed by atoms with Crippen molar-refractivity contribution in [3.05, 3.63) is 64.1 Å². The molecule has 0 unspecified atom stereocenters. The fraction of sp³-hybridized carbons (Fsp3) is 0.118. The molecule has 1 aromatic heterocycles. The first-order valence-electron chi connectivity index (χ1n) is 7.52. The summed E-state index contributed by atoms with van der Waals surface area (Å²) in [4.78, 5) is 40.4. The van der Waals surface area contributed by atoms with Gasteiger partial charge in [0.15, 0.2) is 6.10 Å². The maximum absolute atomic E-state index is 13.1. The second kappa shape index (κ2) is 6.79. The lowest BCUT2D eigenvalue weighted by atomic mass is 10.2. The number of aromatic amines is 2. The van der Waals surface area contributed by atoms with Crippen LogP contribution in [0.2, 0.25) is 0 Å². The number of carbonyl (C=O) groups excluding carboxylic acids is 2. The van der Waals surface area contributed by atoms with Crippen molar-refractivity contribution in [3.63, 3.8) is 0 Å². The number of nitrogens with one attached hydrogen (secondary N) is 3. The molecule has 134 valence electrons. The van der Waals surface area contributed by atoms with Crippen LogP contribution < -0.4 is 11.0 Å². The molecule has 3 aromatic rings. The maximum Gasteiger partial charge on any atom is 0.339 e. The Morgan fingerprint density at radius 2 is 1.69 bits per heavy atom. The molecule has 1 atom stereocenters. The molecule has 0 spiro atoms. The van der Waals surface area contributed by atoms with Gasteiger partial charge in [0.05, 0.1) is 16.6 Å². The van der Waals surface area contributed by atoms with E-state index in [4.69, 9.17) is 4.74 Å². The molecular formula is C17H13F2N3O4. The topological polar surface area (TPSA) is 104 Å². The van der Waals surface area contributed by atoms with E-state index < -0.39 is 29.6 Å². The molecule has 2 aromatic carbocycles. The number of fused-ring (bicyclic) bond motifs is 1. The summed E-state index contributed by atoms with van der Waals surface area (Å²) in [5.74, 6) is -3.53. The van der Waals surface area contributed by atoms with Crippen LogP contribution in [0, 0.1) is 11.6 Å². The molecule has 3 N–H and O–H groups in total. The van der Waals surface area contributed by atoms with Crippen LogP contribution in [0.15, 0.2) is 41.2 Å². The molecular weight excluding hydrogens is 348 g/mol. The SMILES string of the molecule is C[C@@H](OC(=O)c1cc(F)cc(F)c1)C(=O)Nc1ccc2[nH]c(=O)[nH]c2c1. The molecule has 0 bridgehead atoms. The van der Waals surface area contributed by atoms with E-state index >= 15 is 0 Å². The highest BCUT2D eigenvalue weighted by molar-refractivity contribution is 5.98. The van der Waals surface area contributed by atoms with E-state index in [1.165, 1.54) is 13.0 Å². The van der Waals surface area contributed by atoms with E-state index in [1.807, 2.05) is 0 Å². The summed E-state index contributed by atoms with van der Waals surface area (Å²) < 4.78 is 31.2. The number of ether oxygens (including phenoxy) is 1. The van der Waals surface area contributed by atoms with Gasteiger partial charge in [0.2, 0.25) is 0 Å². The Bertz CT molecular complexity index is 1040. The Morgan fingerprint density at radius 3 is 2.38 bits per heavy atom. The minimum Gasteiger partial charge on any atom is -0.449 e. The van der Waals surface area contributed by atoms with Crippen LogP contribution in [0.1, 0.15) is 17.3 Å². The number of hydrogen-bond donors (Lipinski definition) is 3. The van der Waals surface area contributed by atoms with Gasteiger partial charge in [-0.3, -0.25) is 4.79 Å². The van der Waals surface area contributed by atoms with E-state index in [0.29, 0.717) is 22.8 Å². The van der Waals surface area contributed by atoms with Crippen molar-refractivity contribution in [1.29, 1.82) is 0 Å². The van der Waals surface area contributed by atoms with E-state index in [0.717, 1.165) is 12.1 Å². The minimum absolute atomic E-state index is 0.339. The molecule has 0 aliphatic carbocycles. The second-order valence-corrected chi connectivity index (χ2v) is 5.53. The van der Waals surface area contributed by atoms with Crippen LogP contribution in [0.3, 0.4) is 0 Å². The van der Waals surface area contributed by atoms with E-state index in [1.54, 1.807) is 12.1 Å². The zero-order valence-corrected chi connectivity index (χ0v) is 13.4. The molecule has 0 saturated carbocycles. The van der Waals surface area contributed by atoms with Crippen molar-refractivity contribution in [2.45, 2.75) is 13.0 Å². The van der Waals surface area contributed by atoms with Crippen molar-refractivity contribution in [2.75, 3.05) is 5.32 Å². The number of carbonyl (C=O) groups is 2. The Hall–Kier alpha value is -3.49. The molecule has 0 aliphatic heterocycles. The summed E-state index contributed by atoms with van der Waals surface area (Å²) in [5.41, 5.74) is 0.715. The number of esters is 1. The average molecular weight is 361 g/mol. The van der Waals surface area contributed by atoms with Crippen molar-refractivity contribution < 1.29 is 23.1 Å². The number of aromatic nitrogens is 2. The summed E-state index contributed by atoms with van der Waals surface area (Å²) in [5, 5.41) is 2.52. The molecule has 0 fully saturated rings. The van der Waals surface area contributed by atoms with Gasteiger partial charge in [-0.1, -0.05) is 0 Å². The summed E-state index contributed by atoms with van der Waals surface area (Å²) in [6.07, 6.45) is -1.21. The molecule has 9 heteroatoms. The predicted molar refractivity (Wildman–Crippen MR) is 88.8 cm³/mol. The highest BCUT2D eigenvalue weighted by Gasteiger charge is 2.20. The smallest absolute Gasteiger partial charge is 0.339 e. The Kier molecular flexibility index (Phi) is 4.53. The first-order chi connectivity index (χ1) is 12.3. The van der Waals surface area contributed by atoms with Crippen molar-refractivity contribution in [3.8, 4) is 0 Å². The van der Waals surface area contributed by atoms with Crippen LogP contribution in [0.25, 0.3) is 11.0 Å². The van der Waals surface area contributed by atoms with Crippen LogP contribution in [0.5, 0.6) is 0 Å². The third kappa shape index (κ3) is 3.77. The molecule has 1 heterocycles. The number of imidazole rings is 1. The van der Waals surface area contributed by atoms with Gasteiger partial charge >= 0.3 is 11.7 Å². The summed E-state index contributed by atoms with van der Waals surface area (Å²) >= 11 is 0. The number of amides is 1. The fourth-order valence-electron chi connectivity index (χ4n) is 2.31. The zero-order valence-electron chi connectivity index (χ0n) is 13.4. The number of rotatable bonds is 4. The van der Waals surface area contributed by atoms with Crippen LogP contribution in [-0.2, 0) is 9.53 Å².